The van der Waals surface area contributed by atoms with Gasteiger partial charge < -0.3 is 9.55 Å². The molecule has 0 aliphatic carbocycles. The summed E-state index contributed by atoms with van der Waals surface area (Å²) < 4.78 is 29.4. The maximum atomic E-state index is 12.8. The molecule has 3 aromatic heterocycles. The van der Waals surface area contributed by atoms with E-state index < -0.39 is 10.0 Å². The SMILES string of the molecule is O=S(=O)(Cc1ccccc1)N1CCC(n2cnc3cnc4[nH]ccc4c32)CC1. The van der Waals surface area contributed by atoms with Crippen LogP contribution in [-0.2, 0) is 15.8 Å². The summed E-state index contributed by atoms with van der Waals surface area (Å²) in [5.74, 6) is 0.0577. The number of H-pyrrole nitrogens is 1. The first-order valence-electron chi connectivity index (χ1n) is 9.42. The highest BCUT2D eigenvalue weighted by Gasteiger charge is 2.29. The van der Waals surface area contributed by atoms with Crippen molar-refractivity contribution in [3.05, 3.63) is 60.7 Å². The number of aromatic amines is 1. The zero-order chi connectivity index (χ0) is 19.1. The van der Waals surface area contributed by atoms with E-state index in [9.17, 15) is 8.42 Å². The van der Waals surface area contributed by atoms with Crippen LogP contribution in [0, 0.1) is 0 Å². The number of nitrogens with zero attached hydrogens (tertiary/aromatic N) is 4. The number of imidazole rings is 1. The van der Waals surface area contributed by atoms with Crippen LogP contribution >= 0.6 is 0 Å². The fraction of sp³-hybridized carbons (Fsp3) is 0.300. The third-order valence-electron chi connectivity index (χ3n) is 5.52. The standard InChI is InChI=1S/C20H21N5O2S/c26-28(27,13-15-4-2-1-3-5-15)24-10-7-16(8-11-24)25-14-23-18-12-22-20-17(19(18)25)6-9-21-20/h1-6,9,12,14,16H,7-8,10-11,13H2,(H,21,22). The molecule has 0 amide bonds. The number of benzene rings is 1. The Labute approximate surface area is 163 Å². The van der Waals surface area contributed by atoms with E-state index in [1.165, 1.54) is 0 Å². The molecule has 1 aliphatic rings. The molecule has 4 aromatic rings. The van der Waals surface area contributed by atoms with Gasteiger partial charge >= 0.3 is 0 Å². The summed E-state index contributed by atoms with van der Waals surface area (Å²) in [4.78, 5) is 12.0. The minimum absolute atomic E-state index is 0.0577. The third-order valence-corrected chi connectivity index (χ3v) is 7.37. The van der Waals surface area contributed by atoms with Crippen molar-refractivity contribution in [1.82, 2.24) is 23.8 Å². The van der Waals surface area contributed by atoms with Gasteiger partial charge in [0, 0.05) is 30.7 Å². The molecule has 4 heterocycles. The summed E-state index contributed by atoms with van der Waals surface area (Å²) in [7, 11) is -3.30. The fourth-order valence-electron chi connectivity index (χ4n) is 4.08. The van der Waals surface area contributed by atoms with Crippen molar-refractivity contribution in [3.8, 4) is 0 Å². The number of nitrogens with one attached hydrogen (secondary N) is 1. The van der Waals surface area contributed by atoms with Gasteiger partial charge in [0.25, 0.3) is 0 Å². The van der Waals surface area contributed by atoms with Crippen LogP contribution in [0.4, 0.5) is 0 Å². The van der Waals surface area contributed by atoms with Crippen LogP contribution in [0.25, 0.3) is 22.1 Å². The molecule has 0 bridgehead atoms. The first-order chi connectivity index (χ1) is 13.6. The van der Waals surface area contributed by atoms with Crippen molar-refractivity contribution in [1.29, 1.82) is 0 Å². The van der Waals surface area contributed by atoms with Gasteiger partial charge in [-0.3, -0.25) is 0 Å². The number of piperidine rings is 1. The molecule has 0 spiro atoms. The van der Waals surface area contributed by atoms with Crippen LogP contribution in [0.2, 0.25) is 0 Å². The van der Waals surface area contributed by atoms with Crippen molar-refractivity contribution < 1.29 is 8.42 Å². The van der Waals surface area contributed by atoms with Gasteiger partial charge in [0.05, 0.1) is 23.8 Å². The normalized spacial score (nSPS) is 16.9. The Kier molecular flexibility index (Phi) is 4.17. The van der Waals surface area contributed by atoms with Gasteiger partial charge in [0.1, 0.15) is 11.2 Å². The highest BCUT2D eigenvalue weighted by atomic mass is 32.2. The smallest absolute Gasteiger partial charge is 0.218 e. The second kappa shape index (κ2) is 6.72. The van der Waals surface area contributed by atoms with Gasteiger partial charge in [-0.25, -0.2) is 22.7 Å². The largest absolute Gasteiger partial charge is 0.346 e. The van der Waals surface area contributed by atoms with E-state index in [1.807, 2.05) is 48.9 Å². The van der Waals surface area contributed by atoms with E-state index in [2.05, 4.69) is 19.5 Å². The molecule has 1 aliphatic heterocycles. The van der Waals surface area contributed by atoms with Crippen LogP contribution in [0.3, 0.4) is 0 Å². The van der Waals surface area contributed by atoms with Gasteiger partial charge in [-0.2, -0.15) is 0 Å². The van der Waals surface area contributed by atoms with E-state index >= 15 is 0 Å². The molecular weight excluding hydrogens is 374 g/mol. The summed E-state index contributed by atoms with van der Waals surface area (Å²) in [5.41, 5.74) is 3.60. The highest BCUT2D eigenvalue weighted by molar-refractivity contribution is 7.88. The van der Waals surface area contributed by atoms with E-state index in [-0.39, 0.29) is 11.8 Å². The Balaban J connectivity index is 1.36. The summed E-state index contributed by atoms with van der Waals surface area (Å²) in [5, 5.41) is 1.05. The number of rotatable bonds is 4. The summed E-state index contributed by atoms with van der Waals surface area (Å²) >= 11 is 0. The molecule has 0 saturated carbocycles. The zero-order valence-corrected chi connectivity index (χ0v) is 16.1. The third kappa shape index (κ3) is 2.98. The number of sulfonamides is 1. The quantitative estimate of drug-likeness (QED) is 0.576. The molecule has 144 valence electrons. The van der Waals surface area contributed by atoms with Gasteiger partial charge in [0.15, 0.2) is 0 Å². The van der Waals surface area contributed by atoms with Gasteiger partial charge in [-0.15, -0.1) is 0 Å². The molecule has 0 radical (unpaired) electrons. The number of aromatic nitrogens is 4. The molecule has 0 atom stereocenters. The molecule has 1 N–H and O–H groups in total. The Bertz CT molecular complexity index is 1220. The fourth-order valence-corrected chi connectivity index (χ4v) is 5.65. The zero-order valence-electron chi connectivity index (χ0n) is 15.3. The number of hydrogen-bond acceptors (Lipinski definition) is 4. The Morgan fingerprint density at radius 3 is 2.64 bits per heavy atom. The van der Waals surface area contributed by atoms with E-state index in [0.717, 1.165) is 40.5 Å². The van der Waals surface area contributed by atoms with Crippen molar-refractivity contribution >= 4 is 32.1 Å². The van der Waals surface area contributed by atoms with Crippen LogP contribution in [0.5, 0.6) is 0 Å². The van der Waals surface area contributed by atoms with Gasteiger partial charge in [-0.1, -0.05) is 30.3 Å². The second-order valence-corrected chi connectivity index (χ2v) is 9.22. The Morgan fingerprint density at radius 1 is 1.07 bits per heavy atom. The van der Waals surface area contributed by atoms with Crippen LogP contribution < -0.4 is 0 Å². The molecular formula is C20H21N5O2S. The maximum absolute atomic E-state index is 12.8. The lowest BCUT2D eigenvalue weighted by Gasteiger charge is -2.32. The van der Waals surface area contributed by atoms with Crippen LogP contribution in [0.1, 0.15) is 24.4 Å². The van der Waals surface area contributed by atoms with Crippen molar-refractivity contribution in [2.45, 2.75) is 24.6 Å². The monoisotopic (exact) mass is 395 g/mol. The summed E-state index contributed by atoms with van der Waals surface area (Å²) in [6, 6.07) is 11.6. The number of fused-ring (bicyclic) bond motifs is 3. The predicted molar refractivity (Wildman–Crippen MR) is 108 cm³/mol. The van der Waals surface area contributed by atoms with Crippen LogP contribution in [-0.4, -0.2) is 45.3 Å². The highest BCUT2D eigenvalue weighted by Crippen LogP contribution is 2.31. The number of pyridine rings is 1. The lowest BCUT2D eigenvalue weighted by atomic mass is 10.1. The minimum Gasteiger partial charge on any atom is -0.346 e. The first kappa shape index (κ1) is 17.4. The van der Waals surface area contributed by atoms with Crippen molar-refractivity contribution in [2.75, 3.05) is 13.1 Å². The molecule has 1 aromatic carbocycles. The minimum atomic E-state index is -3.30. The second-order valence-electron chi connectivity index (χ2n) is 7.26. The van der Waals surface area contributed by atoms with Gasteiger partial charge in [-0.05, 0) is 24.5 Å². The first-order valence-corrected chi connectivity index (χ1v) is 11.0. The summed E-state index contributed by atoms with van der Waals surface area (Å²) in [6.45, 7) is 1.06. The lowest BCUT2D eigenvalue weighted by Crippen LogP contribution is -2.39. The average molecular weight is 395 g/mol. The molecule has 1 saturated heterocycles. The predicted octanol–water partition coefficient (Wildman–Crippen LogP) is 3.08. The van der Waals surface area contributed by atoms with E-state index in [0.29, 0.717) is 13.1 Å². The topological polar surface area (TPSA) is 83.9 Å². The van der Waals surface area contributed by atoms with E-state index in [4.69, 9.17) is 0 Å². The number of hydrogen-bond donors (Lipinski definition) is 1. The molecule has 7 nitrogen and oxygen atoms in total. The molecule has 8 heteroatoms. The Morgan fingerprint density at radius 2 is 1.86 bits per heavy atom. The van der Waals surface area contributed by atoms with Crippen molar-refractivity contribution in [2.24, 2.45) is 0 Å². The van der Waals surface area contributed by atoms with E-state index in [1.54, 1.807) is 10.5 Å². The molecule has 0 unspecified atom stereocenters. The Hall–Kier alpha value is -2.71. The average Bonchev–Trinajstić information content (AvgIpc) is 3.35. The lowest BCUT2D eigenvalue weighted by molar-refractivity contribution is 0.277. The van der Waals surface area contributed by atoms with Gasteiger partial charge in [0.2, 0.25) is 10.0 Å². The molecule has 28 heavy (non-hydrogen) atoms. The summed E-state index contributed by atoms with van der Waals surface area (Å²) in [6.07, 6.45) is 7.07. The maximum Gasteiger partial charge on any atom is 0.218 e. The molecule has 1 fully saturated rings. The van der Waals surface area contributed by atoms with Crippen LogP contribution in [0.15, 0.2) is 55.1 Å². The van der Waals surface area contributed by atoms with Crippen molar-refractivity contribution in [3.63, 3.8) is 0 Å². The molecule has 5 rings (SSSR count).